The van der Waals surface area contributed by atoms with Gasteiger partial charge in [0.25, 0.3) is 0 Å². The van der Waals surface area contributed by atoms with Crippen molar-refractivity contribution in [3.8, 4) is 0 Å². The molecule has 0 fully saturated rings. The third-order valence-electron chi connectivity index (χ3n) is 1.94. The molecule has 0 bridgehead atoms. The second kappa shape index (κ2) is 4.71. The highest BCUT2D eigenvalue weighted by molar-refractivity contribution is 5.61. The number of rotatable bonds is 5. The molecule has 13 heavy (non-hydrogen) atoms. The Bertz CT molecular complexity index is 248. The Kier molecular flexibility index (Phi) is 3.57. The SMILES string of the molecule is CCN(CCOC)c1cn[nH]c1N. The molecule has 0 aliphatic carbocycles. The monoisotopic (exact) mass is 184 g/mol. The molecule has 0 amide bonds. The second-order valence-electron chi connectivity index (χ2n) is 2.74. The third kappa shape index (κ3) is 2.35. The molecular formula is C8H16N4O. The topological polar surface area (TPSA) is 67.2 Å². The van der Waals surface area contributed by atoms with Crippen LogP contribution in [0.4, 0.5) is 11.5 Å². The molecule has 1 aromatic heterocycles. The summed E-state index contributed by atoms with van der Waals surface area (Å²) in [5.41, 5.74) is 6.63. The van der Waals surface area contributed by atoms with Gasteiger partial charge in [0.05, 0.1) is 18.5 Å². The smallest absolute Gasteiger partial charge is 0.142 e. The Balaban J connectivity index is 2.61. The maximum absolute atomic E-state index is 5.69. The van der Waals surface area contributed by atoms with E-state index in [-0.39, 0.29) is 0 Å². The first-order valence-electron chi connectivity index (χ1n) is 4.32. The number of hydrogen-bond acceptors (Lipinski definition) is 4. The lowest BCUT2D eigenvalue weighted by atomic mass is 10.4. The number of methoxy groups -OCH3 is 1. The van der Waals surface area contributed by atoms with Gasteiger partial charge in [-0.3, -0.25) is 5.10 Å². The van der Waals surface area contributed by atoms with Crippen LogP contribution in [0.25, 0.3) is 0 Å². The Morgan fingerprint density at radius 2 is 2.46 bits per heavy atom. The van der Waals surface area contributed by atoms with Crippen LogP contribution in [0.3, 0.4) is 0 Å². The number of nitrogen functional groups attached to an aromatic ring is 1. The summed E-state index contributed by atoms with van der Waals surface area (Å²) < 4.78 is 5.00. The van der Waals surface area contributed by atoms with Crippen molar-refractivity contribution in [3.05, 3.63) is 6.20 Å². The van der Waals surface area contributed by atoms with Gasteiger partial charge in [0.2, 0.25) is 0 Å². The van der Waals surface area contributed by atoms with Crippen LogP contribution in [0, 0.1) is 0 Å². The van der Waals surface area contributed by atoms with Crippen molar-refractivity contribution in [2.24, 2.45) is 0 Å². The summed E-state index contributed by atoms with van der Waals surface area (Å²) in [6.07, 6.45) is 1.73. The van der Waals surface area contributed by atoms with E-state index in [0.717, 1.165) is 18.8 Å². The fraction of sp³-hybridized carbons (Fsp3) is 0.625. The number of H-pyrrole nitrogens is 1. The molecule has 0 saturated heterocycles. The first-order valence-corrected chi connectivity index (χ1v) is 4.32. The summed E-state index contributed by atoms with van der Waals surface area (Å²) in [6.45, 7) is 4.49. The molecule has 0 radical (unpaired) electrons. The van der Waals surface area contributed by atoms with Crippen molar-refractivity contribution in [2.45, 2.75) is 6.92 Å². The van der Waals surface area contributed by atoms with Gasteiger partial charge in [-0.05, 0) is 6.92 Å². The van der Waals surface area contributed by atoms with Gasteiger partial charge >= 0.3 is 0 Å². The number of nitrogens with two attached hydrogens (primary N) is 1. The minimum Gasteiger partial charge on any atom is -0.383 e. The molecule has 1 rings (SSSR count). The van der Waals surface area contributed by atoms with Crippen molar-refractivity contribution >= 4 is 11.5 Å². The van der Waals surface area contributed by atoms with Crippen molar-refractivity contribution in [3.63, 3.8) is 0 Å². The number of hydrogen-bond donors (Lipinski definition) is 2. The minimum absolute atomic E-state index is 0.609. The van der Waals surface area contributed by atoms with Gasteiger partial charge in [-0.15, -0.1) is 0 Å². The highest BCUT2D eigenvalue weighted by Crippen LogP contribution is 2.18. The summed E-state index contributed by atoms with van der Waals surface area (Å²) in [4.78, 5) is 2.11. The van der Waals surface area contributed by atoms with E-state index in [1.165, 1.54) is 0 Å². The van der Waals surface area contributed by atoms with Gasteiger partial charge in [0.15, 0.2) is 0 Å². The van der Waals surface area contributed by atoms with Crippen molar-refractivity contribution in [1.29, 1.82) is 0 Å². The normalized spacial score (nSPS) is 10.3. The number of aromatic amines is 1. The molecular weight excluding hydrogens is 168 g/mol. The maximum atomic E-state index is 5.69. The van der Waals surface area contributed by atoms with E-state index in [9.17, 15) is 0 Å². The van der Waals surface area contributed by atoms with E-state index in [1.54, 1.807) is 13.3 Å². The number of anilines is 2. The molecule has 0 atom stereocenters. The predicted molar refractivity (Wildman–Crippen MR) is 52.8 cm³/mol. The lowest BCUT2D eigenvalue weighted by Gasteiger charge is -2.20. The van der Waals surface area contributed by atoms with E-state index in [4.69, 9.17) is 10.5 Å². The standard InChI is InChI=1S/C8H16N4O/c1-3-12(4-5-13-2)7-6-10-11-8(7)9/h6H,3-5H2,1-2H3,(H3,9,10,11). The number of ether oxygens (including phenoxy) is 1. The lowest BCUT2D eigenvalue weighted by Crippen LogP contribution is -2.27. The molecule has 74 valence electrons. The summed E-state index contributed by atoms with van der Waals surface area (Å²) in [6, 6.07) is 0. The van der Waals surface area contributed by atoms with E-state index in [1.807, 2.05) is 0 Å². The highest BCUT2D eigenvalue weighted by atomic mass is 16.5. The Morgan fingerprint density at radius 1 is 1.69 bits per heavy atom. The molecule has 0 spiro atoms. The van der Waals surface area contributed by atoms with E-state index in [2.05, 4.69) is 22.0 Å². The van der Waals surface area contributed by atoms with Crippen LogP contribution in [0.15, 0.2) is 6.20 Å². The average molecular weight is 184 g/mol. The minimum atomic E-state index is 0.609. The Hall–Kier alpha value is -1.23. The van der Waals surface area contributed by atoms with Gasteiger partial charge < -0.3 is 15.4 Å². The molecule has 1 aromatic rings. The van der Waals surface area contributed by atoms with Crippen LogP contribution in [0.1, 0.15) is 6.92 Å². The van der Waals surface area contributed by atoms with Gasteiger partial charge in [-0.25, -0.2) is 0 Å². The van der Waals surface area contributed by atoms with Crippen LogP contribution < -0.4 is 10.6 Å². The lowest BCUT2D eigenvalue weighted by molar-refractivity contribution is 0.205. The largest absolute Gasteiger partial charge is 0.383 e. The molecule has 5 nitrogen and oxygen atoms in total. The molecule has 1 heterocycles. The fourth-order valence-electron chi connectivity index (χ4n) is 1.19. The van der Waals surface area contributed by atoms with E-state index >= 15 is 0 Å². The summed E-state index contributed by atoms with van der Waals surface area (Å²) in [5, 5.41) is 6.57. The molecule has 0 aliphatic rings. The molecule has 0 aromatic carbocycles. The van der Waals surface area contributed by atoms with Gasteiger partial charge in [0.1, 0.15) is 5.82 Å². The zero-order chi connectivity index (χ0) is 9.68. The predicted octanol–water partition coefficient (Wildman–Crippen LogP) is 0.465. The quantitative estimate of drug-likeness (QED) is 0.697. The summed E-state index contributed by atoms with van der Waals surface area (Å²) in [5.74, 6) is 0.609. The number of likely N-dealkylation sites (N-methyl/N-ethyl adjacent to an activating group) is 1. The molecule has 5 heteroatoms. The average Bonchev–Trinajstić information content (AvgIpc) is 2.54. The molecule has 3 N–H and O–H groups in total. The van der Waals surface area contributed by atoms with E-state index < -0.39 is 0 Å². The molecule has 0 saturated carbocycles. The number of aromatic nitrogens is 2. The van der Waals surface area contributed by atoms with Gasteiger partial charge in [0, 0.05) is 20.2 Å². The Labute approximate surface area is 77.9 Å². The van der Waals surface area contributed by atoms with Crippen molar-refractivity contribution < 1.29 is 4.74 Å². The zero-order valence-electron chi connectivity index (χ0n) is 8.08. The third-order valence-corrected chi connectivity index (χ3v) is 1.94. The van der Waals surface area contributed by atoms with Crippen molar-refractivity contribution in [1.82, 2.24) is 10.2 Å². The number of nitrogens with one attached hydrogen (secondary N) is 1. The second-order valence-corrected chi connectivity index (χ2v) is 2.74. The van der Waals surface area contributed by atoms with Crippen LogP contribution in [-0.2, 0) is 4.74 Å². The van der Waals surface area contributed by atoms with Crippen molar-refractivity contribution in [2.75, 3.05) is 37.4 Å². The first kappa shape index (κ1) is 9.85. The van der Waals surface area contributed by atoms with Crippen LogP contribution >= 0.6 is 0 Å². The summed E-state index contributed by atoms with van der Waals surface area (Å²) in [7, 11) is 1.69. The van der Waals surface area contributed by atoms with Gasteiger partial charge in [-0.1, -0.05) is 0 Å². The van der Waals surface area contributed by atoms with Crippen LogP contribution in [0.5, 0.6) is 0 Å². The van der Waals surface area contributed by atoms with Crippen LogP contribution in [-0.4, -0.2) is 37.0 Å². The fourth-order valence-corrected chi connectivity index (χ4v) is 1.19. The zero-order valence-corrected chi connectivity index (χ0v) is 8.08. The van der Waals surface area contributed by atoms with Gasteiger partial charge in [-0.2, -0.15) is 5.10 Å². The molecule has 0 unspecified atom stereocenters. The Morgan fingerprint density at radius 3 is 2.92 bits per heavy atom. The molecule has 0 aliphatic heterocycles. The summed E-state index contributed by atoms with van der Waals surface area (Å²) >= 11 is 0. The van der Waals surface area contributed by atoms with Crippen LogP contribution in [0.2, 0.25) is 0 Å². The first-order chi connectivity index (χ1) is 6.29. The number of nitrogens with zero attached hydrogens (tertiary/aromatic N) is 2. The highest BCUT2D eigenvalue weighted by Gasteiger charge is 2.08. The maximum Gasteiger partial charge on any atom is 0.142 e. The van der Waals surface area contributed by atoms with E-state index in [0.29, 0.717) is 12.4 Å².